The Hall–Kier alpha value is -2.15. The van der Waals surface area contributed by atoms with Gasteiger partial charge in [-0.05, 0) is 49.0 Å². The first-order chi connectivity index (χ1) is 13.1. The number of hydrogen-bond donors (Lipinski definition) is 1. The maximum atomic E-state index is 10.9. The number of non-ortho nitro benzene ring substituents is 1. The molecule has 4 rings (SSSR count). The molecule has 1 aliphatic carbocycles. The minimum Gasteiger partial charge on any atom is -0.482 e. The molecule has 6 nitrogen and oxygen atoms in total. The number of nitro groups is 1. The first kappa shape index (κ1) is 18.2. The molecule has 3 unspecified atom stereocenters. The van der Waals surface area contributed by atoms with Gasteiger partial charge in [0.1, 0.15) is 11.9 Å². The highest BCUT2D eigenvalue weighted by Gasteiger charge is 2.40. The van der Waals surface area contributed by atoms with Crippen molar-refractivity contribution in [2.75, 3.05) is 19.6 Å². The molecule has 2 N–H and O–H groups in total. The number of rotatable bonds is 5. The third-order valence-electron chi connectivity index (χ3n) is 5.64. The van der Waals surface area contributed by atoms with Gasteiger partial charge >= 0.3 is 0 Å². The Morgan fingerprint density at radius 1 is 1.30 bits per heavy atom. The minimum absolute atomic E-state index is 0.0407. The van der Waals surface area contributed by atoms with Crippen LogP contribution in [0.15, 0.2) is 42.5 Å². The predicted molar refractivity (Wildman–Crippen MR) is 104 cm³/mol. The number of ether oxygens (including phenoxy) is 1. The monoisotopic (exact) mass is 387 g/mol. The zero-order chi connectivity index (χ0) is 19.0. The summed E-state index contributed by atoms with van der Waals surface area (Å²) in [6, 6.07) is 12.9. The first-order valence-corrected chi connectivity index (χ1v) is 9.57. The maximum Gasteiger partial charge on any atom is 0.271 e. The molecule has 0 radical (unpaired) electrons. The van der Waals surface area contributed by atoms with Crippen LogP contribution >= 0.6 is 11.6 Å². The van der Waals surface area contributed by atoms with Crippen molar-refractivity contribution in [3.05, 3.63) is 68.7 Å². The zero-order valence-corrected chi connectivity index (χ0v) is 15.6. The SMILES string of the molecule is NCC1CCN(C2Cc3ccccc3C2Oc2ccc([N+](=O)[O-])cc2Cl)C1. The molecule has 1 heterocycles. The predicted octanol–water partition coefficient (Wildman–Crippen LogP) is 3.57. The molecule has 0 spiro atoms. The second-order valence-corrected chi connectivity index (χ2v) is 7.67. The van der Waals surface area contributed by atoms with E-state index in [0.717, 1.165) is 31.5 Å². The van der Waals surface area contributed by atoms with Crippen LogP contribution in [0.3, 0.4) is 0 Å². The lowest BCUT2D eigenvalue weighted by Crippen LogP contribution is -2.39. The van der Waals surface area contributed by atoms with Crippen LogP contribution in [0.2, 0.25) is 5.02 Å². The summed E-state index contributed by atoms with van der Waals surface area (Å²) in [5.74, 6) is 1.00. The fraction of sp³-hybridized carbons (Fsp3) is 0.400. The number of benzene rings is 2. The molecular formula is C20H22ClN3O3. The molecule has 0 saturated carbocycles. The molecule has 2 aromatic carbocycles. The van der Waals surface area contributed by atoms with E-state index in [9.17, 15) is 10.1 Å². The lowest BCUT2D eigenvalue weighted by molar-refractivity contribution is -0.384. The number of hydrogen-bond acceptors (Lipinski definition) is 5. The molecule has 1 aliphatic heterocycles. The van der Waals surface area contributed by atoms with Crippen LogP contribution in [0.5, 0.6) is 5.75 Å². The van der Waals surface area contributed by atoms with Gasteiger partial charge in [0.2, 0.25) is 0 Å². The van der Waals surface area contributed by atoms with Gasteiger partial charge in [0.15, 0.2) is 0 Å². The van der Waals surface area contributed by atoms with Crippen LogP contribution in [0.25, 0.3) is 0 Å². The molecule has 2 aromatic rings. The number of nitrogens with zero attached hydrogens (tertiary/aromatic N) is 2. The molecule has 7 heteroatoms. The summed E-state index contributed by atoms with van der Waals surface area (Å²) in [4.78, 5) is 12.9. The Morgan fingerprint density at radius 3 is 2.81 bits per heavy atom. The van der Waals surface area contributed by atoms with E-state index in [1.54, 1.807) is 6.07 Å². The van der Waals surface area contributed by atoms with Crippen molar-refractivity contribution in [2.45, 2.75) is 25.0 Å². The minimum atomic E-state index is -0.458. The second-order valence-electron chi connectivity index (χ2n) is 7.27. The van der Waals surface area contributed by atoms with Crippen LogP contribution in [0, 0.1) is 16.0 Å². The second kappa shape index (κ2) is 7.46. The van der Waals surface area contributed by atoms with E-state index in [-0.39, 0.29) is 22.9 Å². The highest BCUT2D eigenvalue weighted by Crippen LogP contribution is 2.41. The van der Waals surface area contributed by atoms with Crippen molar-refractivity contribution in [1.82, 2.24) is 4.90 Å². The Balaban J connectivity index is 1.62. The Kier molecular flexibility index (Phi) is 5.04. The van der Waals surface area contributed by atoms with E-state index >= 15 is 0 Å². The highest BCUT2D eigenvalue weighted by molar-refractivity contribution is 6.32. The van der Waals surface area contributed by atoms with Gasteiger partial charge in [-0.25, -0.2) is 0 Å². The van der Waals surface area contributed by atoms with Crippen LogP contribution in [-0.4, -0.2) is 35.5 Å². The zero-order valence-electron chi connectivity index (χ0n) is 14.9. The molecule has 2 aliphatic rings. The quantitative estimate of drug-likeness (QED) is 0.626. The average molecular weight is 388 g/mol. The lowest BCUT2D eigenvalue weighted by atomic mass is 10.1. The number of fused-ring (bicyclic) bond motifs is 1. The topological polar surface area (TPSA) is 81.6 Å². The molecule has 1 saturated heterocycles. The standard InChI is InChI=1S/C20H22ClN3O3/c21-17-10-15(24(25)26)5-6-19(17)27-20-16-4-2-1-3-14(16)9-18(20)23-8-7-13(11-22)12-23/h1-6,10,13,18,20H,7-9,11-12,22H2. The fourth-order valence-corrected chi connectivity index (χ4v) is 4.41. The van der Waals surface area contributed by atoms with Gasteiger partial charge in [-0.15, -0.1) is 0 Å². The van der Waals surface area contributed by atoms with Crippen molar-refractivity contribution in [3.8, 4) is 5.75 Å². The van der Waals surface area contributed by atoms with Gasteiger partial charge in [-0.1, -0.05) is 35.9 Å². The molecule has 27 heavy (non-hydrogen) atoms. The maximum absolute atomic E-state index is 10.9. The molecular weight excluding hydrogens is 366 g/mol. The average Bonchev–Trinajstić information content (AvgIpc) is 3.28. The third kappa shape index (κ3) is 3.52. The number of nitro benzene ring substituents is 1. The van der Waals surface area contributed by atoms with E-state index < -0.39 is 4.92 Å². The van der Waals surface area contributed by atoms with Crippen molar-refractivity contribution in [3.63, 3.8) is 0 Å². The summed E-state index contributed by atoms with van der Waals surface area (Å²) in [5.41, 5.74) is 8.26. The summed E-state index contributed by atoms with van der Waals surface area (Å²) < 4.78 is 6.33. The van der Waals surface area contributed by atoms with Gasteiger partial charge in [-0.2, -0.15) is 0 Å². The lowest BCUT2D eigenvalue weighted by Gasteiger charge is -2.30. The van der Waals surface area contributed by atoms with E-state index in [4.69, 9.17) is 22.1 Å². The van der Waals surface area contributed by atoms with E-state index in [0.29, 0.717) is 18.2 Å². The molecule has 1 fully saturated rings. The third-order valence-corrected chi connectivity index (χ3v) is 5.94. The van der Waals surface area contributed by atoms with Crippen molar-refractivity contribution < 1.29 is 9.66 Å². The summed E-state index contributed by atoms with van der Waals surface area (Å²) in [7, 11) is 0. The van der Waals surface area contributed by atoms with Gasteiger partial charge < -0.3 is 10.5 Å². The van der Waals surface area contributed by atoms with Gasteiger partial charge in [-0.3, -0.25) is 15.0 Å². The summed E-state index contributed by atoms with van der Waals surface area (Å²) >= 11 is 6.27. The van der Waals surface area contributed by atoms with Crippen molar-refractivity contribution >= 4 is 17.3 Å². The van der Waals surface area contributed by atoms with Crippen LogP contribution < -0.4 is 10.5 Å². The summed E-state index contributed by atoms with van der Waals surface area (Å²) in [6.45, 7) is 2.69. The van der Waals surface area contributed by atoms with Crippen molar-refractivity contribution in [1.29, 1.82) is 0 Å². The molecule has 0 amide bonds. The van der Waals surface area contributed by atoms with E-state index in [2.05, 4.69) is 17.0 Å². The largest absolute Gasteiger partial charge is 0.482 e. The van der Waals surface area contributed by atoms with Crippen molar-refractivity contribution in [2.24, 2.45) is 11.7 Å². The highest BCUT2D eigenvalue weighted by atomic mass is 35.5. The number of likely N-dealkylation sites (tertiary alicyclic amines) is 1. The normalized spacial score (nSPS) is 24.7. The van der Waals surface area contributed by atoms with E-state index in [1.807, 2.05) is 12.1 Å². The molecule has 0 aromatic heterocycles. The van der Waals surface area contributed by atoms with E-state index in [1.165, 1.54) is 17.7 Å². The summed E-state index contributed by atoms with van der Waals surface area (Å²) in [5, 5.41) is 11.2. The fourth-order valence-electron chi connectivity index (χ4n) is 4.19. The molecule has 0 bridgehead atoms. The number of nitrogens with two attached hydrogens (primary N) is 1. The molecule has 142 valence electrons. The molecule has 3 atom stereocenters. The van der Waals surface area contributed by atoms with Gasteiger partial charge in [0.25, 0.3) is 5.69 Å². The van der Waals surface area contributed by atoms with Crippen LogP contribution in [-0.2, 0) is 6.42 Å². The first-order valence-electron chi connectivity index (χ1n) is 9.19. The Labute approximate surface area is 163 Å². The van der Waals surface area contributed by atoms with Crippen LogP contribution in [0.1, 0.15) is 23.7 Å². The number of halogens is 1. The summed E-state index contributed by atoms with van der Waals surface area (Å²) in [6.07, 6.45) is 1.87. The van der Waals surface area contributed by atoms with Gasteiger partial charge in [0.05, 0.1) is 16.0 Å². The van der Waals surface area contributed by atoms with Crippen LogP contribution in [0.4, 0.5) is 5.69 Å². The Morgan fingerprint density at radius 2 is 2.11 bits per heavy atom. The van der Waals surface area contributed by atoms with Gasteiger partial charge in [0, 0.05) is 18.7 Å². The Bertz CT molecular complexity index is 860. The smallest absolute Gasteiger partial charge is 0.271 e.